The molecule has 2 aromatic rings. The number of nitrogens with two attached hydrogens (primary N) is 2. The fraction of sp³-hybridized carbons (Fsp3) is 0.647. The third-order valence-electron chi connectivity index (χ3n) is 4.59. The summed E-state index contributed by atoms with van der Waals surface area (Å²) in [6, 6.07) is -2.04. The zero-order valence-electron chi connectivity index (χ0n) is 19.7. The predicted octanol–water partition coefficient (Wildman–Crippen LogP) is 0.361. The van der Waals surface area contributed by atoms with Gasteiger partial charge in [-0.05, 0) is 25.9 Å². The maximum absolute atomic E-state index is 11.1. The summed E-state index contributed by atoms with van der Waals surface area (Å²) in [7, 11) is 0. The minimum absolute atomic E-state index is 0.0558. The number of nitrogens with zero attached hydrogens (tertiary/aromatic N) is 4. The number of ether oxygens (including phenoxy) is 3. The number of anilines is 1. The van der Waals surface area contributed by atoms with Gasteiger partial charge in [0.1, 0.15) is 30.1 Å². The van der Waals surface area contributed by atoms with E-state index in [4.69, 9.17) is 36.3 Å². The van der Waals surface area contributed by atoms with Crippen LogP contribution in [0, 0.1) is 0 Å². The molecule has 12 heteroatoms. The average molecular weight is 429 g/mol. The van der Waals surface area contributed by atoms with Gasteiger partial charge in [0, 0.05) is 11.2 Å². The minimum Gasteiger partial charge on any atom is -0.480 e. The zero-order chi connectivity index (χ0) is 24.3. The first kappa shape index (κ1) is 15.8. The molecule has 158 valence electrons. The number of carbonyl (C=O) groups is 1. The molecule has 2 fully saturated rings. The lowest BCUT2D eigenvalue weighted by Gasteiger charge is -2.24. The van der Waals surface area contributed by atoms with Crippen LogP contribution in [-0.4, -0.2) is 72.2 Å². The van der Waals surface area contributed by atoms with Crippen LogP contribution in [0.4, 0.5) is 5.82 Å². The Balaban J connectivity index is 1.58. The molecule has 2 saturated heterocycles. The molecule has 0 spiro atoms. The molecule has 2 unspecified atom stereocenters. The van der Waals surface area contributed by atoms with Gasteiger partial charge in [-0.2, -0.15) is 11.8 Å². The van der Waals surface area contributed by atoms with Gasteiger partial charge in [0.2, 0.25) is 0 Å². The van der Waals surface area contributed by atoms with Crippen LogP contribution in [0.2, 0.25) is 0 Å². The monoisotopic (exact) mass is 428 g/mol. The summed E-state index contributed by atoms with van der Waals surface area (Å²) < 4.78 is 52.0. The van der Waals surface area contributed by atoms with Crippen LogP contribution in [0.25, 0.3) is 11.2 Å². The number of imidazole rings is 1. The van der Waals surface area contributed by atoms with Crippen LogP contribution in [0.3, 0.4) is 0 Å². The van der Waals surface area contributed by atoms with E-state index in [0.717, 1.165) is 0 Å². The number of aromatic nitrogens is 4. The number of aliphatic carboxylic acids is 1. The van der Waals surface area contributed by atoms with Crippen LogP contribution in [0.15, 0.2) is 12.7 Å². The number of carboxylic acids is 1. The van der Waals surface area contributed by atoms with E-state index in [2.05, 4.69) is 15.0 Å². The van der Waals surface area contributed by atoms with Crippen LogP contribution in [0.5, 0.6) is 0 Å². The first-order valence-corrected chi connectivity index (χ1v) is 9.80. The molecule has 0 bridgehead atoms. The second-order valence-corrected chi connectivity index (χ2v) is 7.91. The van der Waals surface area contributed by atoms with E-state index < -0.39 is 54.4 Å². The third-order valence-corrected chi connectivity index (χ3v) is 5.34. The van der Waals surface area contributed by atoms with Crippen molar-refractivity contribution < 1.29 is 29.6 Å². The van der Waals surface area contributed by atoms with E-state index >= 15 is 0 Å². The molecule has 2 aliphatic heterocycles. The summed E-state index contributed by atoms with van der Waals surface area (Å²) in [5.74, 6) is -2.43. The molecule has 11 nitrogen and oxygen atoms in total. The fourth-order valence-electron chi connectivity index (χ4n) is 3.36. The quantitative estimate of drug-likeness (QED) is 0.558. The van der Waals surface area contributed by atoms with Crippen molar-refractivity contribution in [3.8, 4) is 0 Å². The Hall–Kier alpha value is -1.99. The highest BCUT2D eigenvalue weighted by molar-refractivity contribution is 7.99. The zero-order valence-corrected chi connectivity index (χ0v) is 16.5. The molecule has 5 N–H and O–H groups in total. The molecule has 0 saturated carbocycles. The van der Waals surface area contributed by atoms with Gasteiger partial charge in [-0.25, -0.2) is 15.0 Å². The fourth-order valence-corrected chi connectivity index (χ4v) is 4.09. The molecule has 2 aromatic heterocycles. The second kappa shape index (κ2) is 7.69. The summed E-state index contributed by atoms with van der Waals surface area (Å²) in [6.07, 6.45) is -2.70. The van der Waals surface area contributed by atoms with Crippen molar-refractivity contribution in [3.05, 3.63) is 12.7 Å². The number of hydrogen-bond donors (Lipinski definition) is 3. The number of hydrogen-bond acceptors (Lipinski definition) is 10. The summed E-state index contributed by atoms with van der Waals surface area (Å²) in [4.78, 5) is 23.5. The summed E-state index contributed by atoms with van der Waals surface area (Å²) in [6.45, 7) is 3.48. The van der Waals surface area contributed by atoms with Crippen molar-refractivity contribution >= 4 is 34.7 Å². The maximum atomic E-state index is 11.1. The Bertz CT molecular complexity index is 1070. The minimum atomic E-state index is -2.85. The number of fused-ring (bicyclic) bond motifs is 2. The Kier molecular flexibility index (Phi) is 4.19. The van der Waals surface area contributed by atoms with Crippen molar-refractivity contribution in [2.75, 3.05) is 17.2 Å². The molecular weight excluding hydrogens is 400 g/mol. The van der Waals surface area contributed by atoms with Gasteiger partial charge < -0.3 is 30.8 Å². The van der Waals surface area contributed by atoms with Crippen molar-refractivity contribution in [1.82, 2.24) is 19.5 Å². The van der Waals surface area contributed by atoms with Gasteiger partial charge in [-0.1, -0.05) is 0 Å². The Morgan fingerprint density at radius 2 is 2.17 bits per heavy atom. The van der Waals surface area contributed by atoms with Crippen molar-refractivity contribution in [2.45, 2.75) is 56.6 Å². The molecule has 0 aromatic carbocycles. The van der Waals surface area contributed by atoms with E-state index in [1.54, 1.807) is 18.4 Å². The normalized spacial score (nSPS) is 32.2. The summed E-state index contributed by atoms with van der Waals surface area (Å²) in [5.41, 5.74) is 9.46. The lowest BCUT2D eigenvalue weighted by atomic mass is 10.1. The van der Waals surface area contributed by atoms with Crippen LogP contribution >= 0.6 is 11.8 Å². The number of carboxylic acid groups (broad SMARTS) is 1. The molecule has 0 amide bonds. The topological polar surface area (TPSA) is 161 Å². The largest absolute Gasteiger partial charge is 0.480 e. The lowest BCUT2D eigenvalue weighted by molar-refractivity contribution is -0.193. The Labute approximate surface area is 176 Å². The van der Waals surface area contributed by atoms with Gasteiger partial charge in [-0.15, -0.1) is 0 Å². The SMILES string of the molecule is [2H]C([2H])(SCC1OC(n2cnc3c(N)ncnc32)[C@@H]2OC(C)(C)O[C@H]12)C([2H])([2H])[C@H](N)C(=O)O. The highest BCUT2D eigenvalue weighted by atomic mass is 32.2. The molecule has 4 rings (SSSR count). The van der Waals surface area contributed by atoms with Gasteiger partial charge in [-0.3, -0.25) is 9.36 Å². The summed E-state index contributed by atoms with van der Waals surface area (Å²) >= 11 is 0.567. The Morgan fingerprint density at radius 1 is 1.41 bits per heavy atom. The van der Waals surface area contributed by atoms with E-state index in [1.807, 2.05) is 0 Å². The van der Waals surface area contributed by atoms with Crippen molar-refractivity contribution in [2.24, 2.45) is 5.73 Å². The molecule has 5 atom stereocenters. The van der Waals surface area contributed by atoms with Gasteiger partial charge in [0.05, 0.1) is 12.4 Å². The molecular formula is C17H24N6O5S. The van der Waals surface area contributed by atoms with Crippen LogP contribution in [0.1, 0.15) is 31.9 Å². The van der Waals surface area contributed by atoms with Crippen LogP contribution < -0.4 is 11.5 Å². The number of thioether (sulfide) groups is 1. The predicted molar refractivity (Wildman–Crippen MR) is 105 cm³/mol. The van der Waals surface area contributed by atoms with E-state index in [-0.39, 0.29) is 11.6 Å². The first-order valence-electron chi connectivity index (χ1n) is 10.8. The maximum Gasteiger partial charge on any atom is 0.320 e. The van der Waals surface area contributed by atoms with Crippen LogP contribution in [-0.2, 0) is 19.0 Å². The average Bonchev–Trinajstić information content (AvgIpc) is 3.37. The molecule has 0 radical (unpaired) electrons. The van der Waals surface area contributed by atoms with E-state index in [9.17, 15) is 4.79 Å². The molecule has 0 aliphatic carbocycles. The molecule has 4 heterocycles. The standard InChI is InChI=1S/C17H24N6O5S/c1-17(2)27-11-9(5-29-4-3-8(18)16(24)25)26-15(12(11)28-17)23-7-22-10-13(19)20-6-21-14(10)23/h6-9,11-12,15H,3-5,18H2,1-2H3,(H,24,25)(H2,19,20,21)/t8-,9?,11+,12+,15?/m0/s1/i3D2,4D2. The van der Waals surface area contributed by atoms with Crippen molar-refractivity contribution in [3.63, 3.8) is 0 Å². The Morgan fingerprint density at radius 3 is 2.93 bits per heavy atom. The van der Waals surface area contributed by atoms with Gasteiger partial charge in [0.15, 0.2) is 23.5 Å². The smallest absolute Gasteiger partial charge is 0.320 e. The van der Waals surface area contributed by atoms with E-state index in [0.29, 0.717) is 22.9 Å². The highest BCUT2D eigenvalue weighted by Crippen LogP contribution is 2.44. The van der Waals surface area contributed by atoms with Crippen molar-refractivity contribution in [1.29, 1.82) is 0 Å². The molecule has 29 heavy (non-hydrogen) atoms. The first-order chi connectivity index (χ1) is 15.2. The van der Waals surface area contributed by atoms with E-state index in [1.165, 1.54) is 12.7 Å². The second-order valence-electron chi connectivity index (χ2n) is 7.09. The van der Waals surface area contributed by atoms with Gasteiger partial charge in [0.25, 0.3) is 0 Å². The number of rotatable bonds is 7. The summed E-state index contributed by atoms with van der Waals surface area (Å²) in [5, 5.41) is 9.06. The third kappa shape index (κ3) is 3.90. The highest BCUT2D eigenvalue weighted by Gasteiger charge is 2.56. The number of nitrogen functional groups attached to an aromatic ring is 1. The van der Waals surface area contributed by atoms with Gasteiger partial charge >= 0.3 is 5.97 Å². The lowest BCUT2D eigenvalue weighted by Crippen LogP contribution is -2.32. The molecule has 2 aliphatic rings.